The monoisotopic (exact) mass is 377 g/mol. The van der Waals surface area contributed by atoms with E-state index in [1.807, 2.05) is 28.9 Å². The Kier molecular flexibility index (Phi) is 6.43. The van der Waals surface area contributed by atoms with Crippen molar-refractivity contribution in [1.82, 2.24) is 14.7 Å². The molecule has 0 saturated carbocycles. The van der Waals surface area contributed by atoms with Gasteiger partial charge in [0.1, 0.15) is 0 Å². The van der Waals surface area contributed by atoms with Crippen molar-refractivity contribution in [2.45, 2.75) is 32.6 Å². The normalized spacial score (nSPS) is 18.3. The number of carbonyl (C=O) groups is 3. The van der Waals surface area contributed by atoms with Gasteiger partial charge in [-0.15, -0.1) is 11.3 Å². The maximum Gasteiger partial charge on any atom is 0.236 e. The molecule has 1 aromatic rings. The number of ketones is 1. The first-order chi connectivity index (χ1) is 12.5. The average molecular weight is 378 g/mol. The molecular weight excluding hydrogens is 350 g/mol. The number of thiophene rings is 1. The molecule has 2 saturated heterocycles. The van der Waals surface area contributed by atoms with Crippen molar-refractivity contribution in [2.75, 3.05) is 45.8 Å². The molecule has 6 nitrogen and oxygen atoms in total. The molecule has 0 spiro atoms. The number of aryl methyl sites for hydroxylation is 1. The second-order valence-electron chi connectivity index (χ2n) is 7.08. The maximum absolute atomic E-state index is 12.4. The number of piperazine rings is 1. The van der Waals surface area contributed by atoms with Gasteiger partial charge in [-0.05, 0) is 31.9 Å². The molecule has 2 aliphatic rings. The molecule has 0 bridgehead atoms. The number of rotatable bonds is 6. The Morgan fingerprint density at radius 2 is 1.54 bits per heavy atom. The van der Waals surface area contributed by atoms with Crippen LogP contribution < -0.4 is 0 Å². The first kappa shape index (κ1) is 19.0. The van der Waals surface area contributed by atoms with E-state index in [9.17, 15) is 14.4 Å². The predicted octanol–water partition coefficient (Wildman–Crippen LogP) is 1.79. The molecule has 2 amide bonds. The van der Waals surface area contributed by atoms with Crippen molar-refractivity contribution in [2.24, 2.45) is 0 Å². The Morgan fingerprint density at radius 1 is 0.885 bits per heavy atom. The summed E-state index contributed by atoms with van der Waals surface area (Å²) in [7, 11) is 0. The number of amides is 2. The largest absolute Gasteiger partial charge is 0.342 e. The molecule has 1 aromatic heterocycles. The van der Waals surface area contributed by atoms with Crippen LogP contribution >= 0.6 is 11.3 Å². The summed E-state index contributed by atoms with van der Waals surface area (Å²) in [6, 6.07) is 3.77. The fourth-order valence-electron chi connectivity index (χ4n) is 3.50. The summed E-state index contributed by atoms with van der Waals surface area (Å²) in [5, 5.41) is 0. The first-order valence-corrected chi connectivity index (χ1v) is 10.2. The number of nitrogens with zero attached hydrogens (tertiary/aromatic N) is 3. The van der Waals surface area contributed by atoms with E-state index in [0.29, 0.717) is 19.6 Å². The molecule has 26 heavy (non-hydrogen) atoms. The second kappa shape index (κ2) is 8.77. The molecule has 0 atom stereocenters. The van der Waals surface area contributed by atoms with E-state index in [0.717, 1.165) is 48.8 Å². The fraction of sp³-hybridized carbons (Fsp3) is 0.632. The van der Waals surface area contributed by atoms with Crippen molar-refractivity contribution in [3.8, 4) is 0 Å². The van der Waals surface area contributed by atoms with Gasteiger partial charge in [0.15, 0.2) is 5.78 Å². The van der Waals surface area contributed by atoms with Crippen LogP contribution in [0.2, 0.25) is 0 Å². The third-order valence-electron chi connectivity index (χ3n) is 5.12. The minimum Gasteiger partial charge on any atom is -0.342 e. The number of Topliss-reactive ketones (excluding diaryl/α,β-unsaturated/α-hetero) is 1. The smallest absolute Gasteiger partial charge is 0.236 e. The Balaban J connectivity index is 1.37. The van der Waals surface area contributed by atoms with E-state index in [1.165, 1.54) is 11.3 Å². The van der Waals surface area contributed by atoms with Crippen LogP contribution in [0.1, 0.15) is 40.2 Å². The van der Waals surface area contributed by atoms with Gasteiger partial charge in [-0.2, -0.15) is 0 Å². The molecule has 142 valence electrons. The van der Waals surface area contributed by atoms with E-state index in [1.54, 1.807) is 0 Å². The molecule has 3 heterocycles. The van der Waals surface area contributed by atoms with Gasteiger partial charge in [-0.3, -0.25) is 19.3 Å². The van der Waals surface area contributed by atoms with Crippen LogP contribution in [-0.4, -0.2) is 78.1 Å². The number of hydrogen-bond acceptors (Lipinski definition) is 5. The van der Waals surface area contributed by atoms with Gasteiger partial charge in [0.2, 0.25) is 11.8 Å². The zero-order valence-electron chi connectivity index (χ0n) is 15.4. The van der Waals surface area contributed by atoms with Crippen molar-refractivity contribution in [3.63, 3.8) is 0 Å². The Hall–Kier alpha value is -1.73. The molecule has 0 aromatic carbocycles. The zero-order chi connectivity index (χ0) is 18.5. The highest BCUT2D eigenvalue weighted by Crippen LogP contribution is 2.18. The highest BCUT2D eigenvalue weighted by Gasteiger charge is 2.25. The minimum atomic E-state index is 0.0390. The zero-order valence-corrected chi connectivity index (χ0v) is 16.2. The SMILES string of the molecule is Cc1ccc(C(=O)CCC(=O)N2CCN(CC(=O)N3CCCC3)CC2)s1. The summed E-state index contributed by atoms with van der Waals surface area (Å²) in [6.45, 7) is 6.92. The van der Waals surface area contributed by atoms with Crippen LogP contribution in [0.5, 0.6) is 0 Å². The topological polar surface area (TPSA) is 60.9 Å². The average Bonchev–Trinajstić information content (AvgIpc) is 3.31. The van der Waals surface area contributed by atoms with Gasteiger partial charge in [-0.1, -0.05) is 0 Å². The van der Waals surface area contributed by atoms with Gasteiger partial charge in [0.25, 0.3) is 0 Å². The maximum atomic E-state index is 12.4. The lowest BCUT2D eigenvalue weighted by molar-refractivity contribution is -0.134. The van der Waals surface area contributed by atoms with Crippen LogP contribution in [0.4, 0.5) is 0 Å². The molecule has 0 N–H and O–H groups in total. The van der Waals surface area contributed by atoms with Crippen molar-refractivity contribution >= 4 is 28.9 Å². The van der Waals surface area contributed by atoms with Gasteiger partial charge >= 0.3 is 0 Å². The summed E-state index contributed by atoms with van der Waals surface area (Å²) in [5.74, 6) is 0.294. The highest BCUT2D eigenvalue weighted by molar-refractivity contribution is 7.14. The number of likely N-dealkylation sites (tertiary alicyclic amines) is 1. The lowest BCUT2D eigenvalue weighted by atomic mass is 10.1. The quantitative estimate of drug-likeness (QED) is 0.709. The van der Waals surface area contributed by atoms with Gasteiger partial charge in [0, 0.05) is 57.0 Å². The first-order valence-electron chi connectivity index (χ1n) is 9.40. The fourth-order valence-corrected chi connectivity index (χ4v) is 4.33. The molecule has 0 radical (unpaired) electrons. The molecule has 2 aliphatic heterocycles. The molecule has 7 heteroatoms. The Bertz CT molecular complexity index is 659. The number of hydrogen-bond donors (Lipinski definition) is 0. The second-order valence-corrected chi connectivity index (χ2v) is 8.37. The standard InChI is InChI=1S/C19H27N3O3S/c1-15-4-6-17(26-15)16(23)5-7-18(24)22-12-10-20(11-13-22)14-19(25)21-8-2-3-9-21/h4,6H,2-3,5,7-14H2,1H3. The Labute approximate surface area is 158 Å². The molecule has 0 unspecified atom stereocenters. The summed E-state index contributed by atoms with van der Waals surface area (Å²) in [4.78, 5) is 44.4. The lowest BCUT2D eigenvalue weighted by Crippen LogP contribution is -2.51. The molecule has 0 aliphatic carbocycles. The van der Waals surface area contributed by atoms with Crippen LogP contribution in [-0.2, 0) is 9.59 Å². The van der Waals surface area contributed by atoms with Crippen LogP contribution in [0, 0.1) is 6.92 Å². The lowest BCUT2D eigenvalue weighted by Gasteiger charge is -2.35. The van der Waals surface area contributed by atoms with Crippen molar-refractivity contribution in [3.05, 3.63) is 21.9 Å². The van der Waals surface area contributed by atoms with Crippen LogP contribution in [0.15, 0.2) is 12.1 Å². The van der Waals surface area contributed by atoms with E-state index in [4.69, 9.17) is 0 Å². The minimum absolute atomic E-state index is 0.0390. The van der Waals surface area contributed by atoms with E-state index in [-0.39, 0.29) is 30.4 Å². The van der Waals surface area contributed by atoms with Crippen LogP contribution in [0.25, 0.3) is 0 Å². The molecule has 2 fully saturated rings. The predicted molar refractivity (Wildman–Crippen MR) is 101 cm³/mol. The third-order valence-corrected chi connectivity index (χ3v) is 6.17. The highest BCUT2D eigenvalue weighted by atomic mass is 32.1. The summed E-state index contributed by atoms with van der Waals surface area (Å²) in [6.07, 6.45) is 2.75. The van der Waals surface area contributed by atoms with Crippen LogP contribution in [0.3, 0.4) is 0 Å². The summed E-state index contributed by atoms with van der Waals surface area (Å²) < 4.78 is 0. The van der Waals surface area contributed by atoms with Crippen molar-refractivity contribution < 1.29 is 14.4 Å². The van der Waals surface area contributed by atoms with E-state index >= 15 is 0 Å². The van der Waals surface area contributed by atoms with Gasteiger partial charge < -0.3 is 9.80 Å². The van der Waals surface area contributed by atoms with Gasteiger partial charge in [-0.25, -0.2) is 0 Å². The Morgan fingerprint density at radius 3 is 2.15 bits per heavy atom. The molecule has 3 rings (SSSR count). The van der Waals surface area contributed by atoms with E-state index in [2.05, 4.69) is 4.90 Å². The summed E-state index contributed by atoms with van der Waals surface area (Å²) in [5.41, 5.74) is 0. The van der Waals surface area contributed by atoms with E-state index < -0.39 is 0 Å². The number of carbonyl (C=O) groups excluding carboxylic acids is 3. The summed E-state index contributed by atoms with van der Waals surface area (Å²) >= 11 is 1.48. The van der Waals surface area contributed by atoms with Gasteiger partial charge in [0.05, 0.1) is 11.4 Å². The third kappa shape index (κ3) is 4.92. The molecular formula is C19H27N3O3S. The van der Waals surface area contributed by atoms with Crippen molar-refractivity contribution in [1.29, 1.82) is 0 Å².